The highest BCUT2D eigenvalue weighted by molar-refractivity contribution is 7.99. The molecule has 0 bridgehead atoms. The molecule has 0 saturated carbocycles. The molecule has 2 aromatic heterocycles. The van der Waals surface area contributed by atoms with Crippen molar-refractivity contribution < 1.29 is 14.3 Å². The van der Waals surface area contributed by atoms with Crippen LogP contribution in [0.25, 0.3) is 16.6 Å². The first-order valence-electron chi connectivity index (χ1n) is 9.32. The fraction of sp³-hybridized carbons (Fsp3) is 0.227. The highest BCUT2D eigenvalue weighted by atomic mass is 32.2. The maximum atomic E-state index is 12.6. The molecule has 4 aromatic rings. The number of ketones is 1. The van der Waals surface area contributed by atoms with Gasteiger partial charge in [0.1, 0.15) is 11.5 Å². The van der Waals surface area contributed by atoms with Crippen LogP contribution in [0.5, 0.6) is 11.5 Å². The van der Waals surface area contributed by atoms with Gasteiger partial charge in [0.05, 0.1) is 25.0 Å². The van der Waals surface area contributed by atoms with Gasteiger partial charge in [0.25, 0.3) is 0 Å². The van der Waals surface area contributed by atoms with E-state index in [0.717, 1.165) is 33.6 Å². The van der Waals surface area contributed by atoms with Crippen LogP contribution in [-0.2, 0) is 0 Å². The minimum atomic E-state index is 0.0261. The van der Waals surface area contributed by atoms with Crippen molar-refractivity contribution >= 4 is 34.1 Å². The maximum absolute atomic E-state index is 12.6. The Balaban J connectivity index is 1.65. The van der Waals surface area contributed by atoms with Crippen LogP contribution in [0.2, 0.25) is 0 Å². The molecule has 0 saturated heterocycles. The summed E-state index contributed by atoms with van der Waals surface area (Å²) in [6.45, 7) is 4.57. The molecule has 0 radical (unpaired) electrons. The van der Waals surface area contributed by atoms with Crippen molar-refractivity contribution in [2.75, 3.05) is 19.5 Å². The molecule has 2 aromatic carbocycles. The average molecular weight is 407 g/mol. The fourth-order valence-corrected chi connectivity index (χ4v) is 4.14. The summed E-state index contributed by atoms with van der Waals surface area (Å²) in [7, 11) is 1.65. The lowest BCUT2D eigenvalue weighted by atomic mass is 10.1. The lowest BCUT2D eigenvalue weighted by molar-refractivity contribution is 0.102. The summed E-state index contributed by atoms with van der Waals surface area (Å²) >= 11 is 1.37. The van der Waals surface area contributed by atoms with Gasteiger partial charge in [-0.1, -0.05) is 23.9 Å². The van der Waals surface area contributed by atoms with Crippen LogP contribution in [0, 0.1) is 6.92 Å². The second kappa shape index (κ2) is 8.13. The third-order valence-electron chi connectivity index (χ3n) is 4.69. The number of carbonyl (C=O) groups is 1. The summed E-state index contributed by atoms with van der Waals surface area (Å²) < 4.78 is 13.0. The van der Waals surface area contributed by atoms with Crippen LogP contribution in [0.1, 0.15) is 22.8 Å². The maximum Gasteiger partial charge on any atom is 0.196 e. The Morgan fingerprint density at radius 2 is 1.93 bits per heavy atom. The molecule has 0 aliphatic rings. The lowest BCUT2D eigenvalue weighted by Crippen LogP contribution is -2.04. The summed E-state index contributed by atoms with van der Waals surface area (Å²) in [5, 5.41) is 10.3. The number of aromatic nitrogens is 3. The summed E-state index contributed by atoms with van der Waals surface area (Å²) in [4.78, 5) is 12.6. The third-order valence-corrected chi connectivity index (χ3v) is 5.62. The molecule has 0 spiro atoms. The number of ether oxygens (including phenoxy) is 2. The predicted molar refractivity (Wildman–Crippen MR) is 114 cm³/mol. The topological polar surface area (TPSA) is 65.7 Å². The zero-order valence-electron chi connectivity index (χ0n) is 16.5. The van der Waals surface area contributed by atoms with Crippen LogP contribution >= 0.6 is 11.8 Å². The van der Waals surface area contributed by atoms with Crippen LogP contribution in [0.15, 0.2) is 53.7 Å². The Bertz CT molecular complexity index is 1190. The third kappa shape index (κ3) is 3.65. The second-order valence-corrected chi connectivity index (χ2v) is 7.47. The number of pyridine rings is 1. The van der Waals surface area contributed by atoms with Crippen LogP contribution in [-0.4, -0.2) is 39.9 Å². The molecule has 4 rings (SSSR count). The largest absolute Gasteiger partial charge is 0.495 e. The summed E-state index contributed by atoms with van der Waals surface area (Å²) in [6.07, 6.45) is 0. The highest BCUT2D eigenvalue weighted by Gasteiger charge is 2.16. The van der Waals surface area contributed by atoms with E-state index in [9.17, 15) is 4.79 Å². The van der Waals surface area contributed by atoms with Crippen molar-refractivity contribution in [3.8, 4) is 11.5 Å². The summed E-state index contributed by atoms with van der Waals surface area (Å²) in [6, 6.07) is 15.1. The SMILES string of the molecule is CCOc1ccc(C(=O)CSc2nnc3cc(C)c4cccc(OC)c4n23)cc1. The van der Waals surface area contributed by atoms with E-state index in [0.29, 0.717) is 17.3 Å². The van der Waals surface area contributed by atoms with Crippen molar-refractivity contribution in [2.24, 2.45) is 0 Å². The van der Waals surface area contributed by atoms with Gasteiger partial charge in [-0.2, -0.15) is 0 Å². The van der Waals surface area contributed by atoms with Crippen molar-refractivity contribution in [1.29, 1.82) is 0 Å². The number of thioether (sulfide) groups is 1. The van der Waals surface area contributed by atoms with Crippen molar-refractivity contribution in [3.63, 3.8) is 0 Å². The highest BCUT2D eigenvalue weighted by Crippen LogP contribution is 2.32. The van der Waals surface area contributed by atoms with E-state index in [4.69, 9.17) is 9.47 Å². The predicted octanol–water partition coefficient (Wildman–Crippen LogP) is 4.57. The molecule has 0 amide bonds. The van der Waals surface area contributed by atoms with E-state index in [1.165, 1.54) is 11.8 Å². The van der Waals surface area contributed by atoms with Gasteiger partial charge >= 0.3 is 0 Å². The van der Waals surface area contributed by atoms with Crippen LogP contribution in [0.4, 0.5) is 0 Å². The minimum absolute atomic E-state index is 0.0261. The molecule has 0 aliphatic heterocycles. The number of rotatable bonds is 7. The van der Waals surface area contributed by atoms with Crippen molar-refractivity contribution in [2.45, 2.75) is 19.0 Å². The zero-order chi connectivity index (χ0) is 20.4. The van der Waals surface area contributed by atoms with Crippen LogP contribution < -0.4 is 9.47 Å². The first-order chi connectivity index (χ1) is 14.1. The normalized spacial score (nSPS) is 11.1. The van der Waals surface area contributed by atoms with E-state index < -0.39 is 0 Å². The van der Waals surface area contributed by atoms with E-state index in [1.807, 2.05) is 54.6 Å². The van der Waals surface area contributed by atoms with Gasteiger partial charge in [-0.05, 0) is 55.8 Å². The number of nitrogens with zero attached hydrogens (tertiary/aromatic N) is 3. The van der Waals surface area contributed by atoms with E-state index in [2.05, 4.69) is 10.2 Å². The molecule has 2 heterocycles. The quantitative estimate of drug-likeness (QED) is 0.330. The Morgan fingerprint density at radius 3 is 2.66 bits per heavy atom. The number of hydrogen-bond acceptors (Lipinski definition) is 6. The van der Waals surface area contributed by atoms with E-state index >= 15 is 0 Å². The van der Waals surface area contributed by atoms with Gasteiger partial charge in [0.15, 0.2) is 16.6 Å². The lowest BCUT2D eigenvalue weighted by Gasteiger charge is -2.11. The van der Waals surface area contributed by atoms with Gasteiger partial charge in [0, 0.05) is 10.9 Å². The first kappa shape index (κ1) is 19.3. The molecule has 148 valence electrons. The number of benzene rings is 2. The average Bonchev–Trinajstić information content (AvgIpc) is 3.15. The zero-order valence-corrected chi connectivity index (χ0v) is 17.3. The summed E-state index contributed by atoms with van der Waals surface area (Å²) in [5.41, 5.74) is 3.38. The number of para-hydroxylation sites is 1. The van der Waals surface area contributed by atoms with Gasteiger partial charge in [-0.3, -0.25) is 9.20 Å². The van der Waals surface area contributed by atoms with Gasteiger partial charge < -0.3 is 9.47 Å². The first-order valence-corrected chi connectivity index (χ1v) is 10.3. The standard InChI is InChI=1S/C22H21N3O3S/c1-4-28-16-10-8-15(9-11-16)18(26)13-29-22-24-23-20-12-14(2)17-6-5-7-19(27-3)21(17)25(20)22/h5-12H,4,13H2,1-3H3. The Kier molecular flexibility index (Phi) is 5.40. The molecule has 0 aliphatic carbocycles. The van der Waals surface area contributed by atoms with Gasteiger partial charge in [-0.25, -0.2) is 0 Å². The van der Waals surface area contributed by atoms with Gasteiger partial charge in [0.2, 0.25) is 0 Å². The molecule has 6 nitrogen and oxygen atoms in total. The smallest absolute Gasteiger partial charge is 0.196 e. The van der Waals surface area contributed by atoms with E-state index in [-0.39, 0.29) is 11.5 Å². The second-order valence-electron chi connectivity index (χ2n) is 6.53. The molecular formula is C22H21N3O3S. The van der Waals surface area contributed by atoms with Gasteiger partial charge in [-0.15, -0.1) is 10.2 Å². The van der Waals surface area contributed by atoms with Crippen molar-refractivity contribution in [1.82, 2.24) is 14.6 Å². The number of aryl methyl sites for hydroxylation is 1. The molecule has 29 heavy (non-hydrogen) atoms. The minimum Gasteiger partial charge on any atom is -0.495 e. The number of methoxy groups -OCH3 is 1. The molecule has 0 atom stereocenters. The molecular weight excluding hydrogens is 386 g/mol. The molecule has 0 N–H and O–H groups in total. The Labute approximate surface area is 172 Å². The summed E-state index contributed by atoms with van der Waals surface area (Å²) in [5.74, 6) is 1.79. The number of hydrogen-bond donors (Lipinski definition) is 0. The molecule has 7 heteroatoms. The van der Waals surface area contributed by atoms with Crippen molar-refractivity contribution in [3.05, 3.63) is 59.7 Å². The Morgan fingerprint density at radius 1 is 1.14 bits per heavy atom. The molecule has 0 fully saturated rings. The number of Topliss-reactive ketones (excluding diaryl/α,β-unsaturated/α-hetero) is 1. The number of fused-ring (bicyclic) bond motifs is 3. The molecule has 0 unspecified atom stereocenters. The van der Waals surface area contributed by atoms with E-state index in [1.54, 1.807) is 19.2 Å². The van der Waals surface area contributed by atoms with Crippen LogP contribution in [0.3, 0.4) is 0 Å². The fourth-order valence-electron chi connectivity index (χ4n) is 3.30. The number of carbonyl (C=O) groups excluding carboxylic acids is 1. The monoisotopic (exact) mass is 407 g/mol. The Hall–Kier alpha value is -3.06.